The number of hydrogen-bond donors (Lipinski definition) is 0. The number of fused-ring (bicyclic) bond motifs is 1. The van der Waals surface area contributed by atoms with E-state index in [-0.39, 0.29) is 5.82 Å². The zero-order chi connectivity index (χ0) is 12.3. The molecule has 4 heteroatoms. The molecule has 1 aromatic heterocycles. The molecule has 3 nitrogen and oxygen atoms in total. The van der Waals surface area contributed by atoms with Crippen LogP contribution in [0, 0.1) is 5.82 Å². The van der Waals surface area contributed by atoms with Crippen molar-refractivity contribution in [3.8, 4) is 0 Å². The van der Waals surface area contributed by atoms with E-state index < -0.39 is 0 Å². The topological polar surface area (TPSA) is 29.0 Å². The molecular weight excluding hydrogens is 217 g/mol. The van der Waals surface area contributed by atoms with Crippen LogP contribution >= 0.6 is 0 Å². The number of rotatable bonds is 4. The number of aromatic nitrogens is 2. The number of anilines is 1. The number of para-hydroxylation sites is 1. The minimum absolute atomic E-state index is 0.296. The molecular formula is C13H16FN3. The Balaban J connectivity index is 2.43. The molecule has 0 radical (unpaired) electrons. The Morgan fingerprint density at radius 1 is 1.29 bits per heavy atom. The minimum atomic E-state index is -0.296. The van der Waals surface area contributed by atoms with E-state index in [0.717, 1.165) is 30.6 Å². The van der Waals surface area contributed by atoms with Crippen LogP contribution in [0.15, 0.2) is 24.5 Å². The second kappa shape index (κ2) is 5.08. The van der Waals surface area contributed by atoms with Gasteiger partial charge in [-0.25, -0.2) is 14.4 Å². The van der Waals surface area contributed by atoms with E-state index in [2.05, 4.69) is 16.9 Å². The van der Waals surface area contributed by atoms with Crippen molar-refractivity contribution in [2.75, 3.05) is 18.5 Å². The fourth-order valence-electron chi connectivity index (χ4n) is 1.84. The van der Waals surface area contributed by atoms with Crippen LogP contribution in [0.1, 0.15) is 19.8 Å². The highest BCUT2D eigenvalue weighted by Crippen LogP contribution is 2.23. The number of hydrogen-bond acceptors (Lipinski definition) is 3. The van der Waals surface area contributed by atoms with Crippen molar-refractivity contribution in [1.82, 2.24) is 9.97 Å². The first kappa shape index (κ1) is 11.8. The third-order valence-electron chi connectivity index (χ3n) is 2.80. The van der Waals surface area contributed by atoms with E-state index in [1.54, 1.807) is 6.07 Å². The van der Waals surface area contributed by atoms with Crippen molar-refractivity contribution in [3.05, 3.63) is 30.3 Å². The molecule has 0 aliphatic rings. The standard InChI is InChI=1S/C13H16FN3/c1-3-4-8-17(2)13-10-6-5-7-11(14)12(10)15-9-16-13/h5-7,9H,3-4,8H2,1-2H3. The van der Waals surface area contributed by atoms with Gasteiger partial charge in [-0.3, -0.25) is 0 Å². The lowest BCUT2D eigenvalue weighted by Gasteiger charge is -2.19. The first-order valence-electron chi connectivity index (χ1n) is 5.84. The molecule has 0 unspecified atom stereocenters. The molecule has 0 aliphatic heterocycles. The maximum absolute atomic E-state index is 13.6. The summed E-state index contributed by atoms with van der Waals surface area (Å²) in [4.78, 5) is 10.3. The summed E-state index contributed by atoms with van der Waals surface area (Å²) in [5, 5.41) is 0.770. The van der Waals surface area contributed by atoms with E-state index in [1.807, 2.05) is 18.0 Å². The lowest BCUT2D eigenvalue weighted by molar-refractivity contribution is 0.636. The molecule has 0 aliphatic carbocycles. The molecule has 0 amide bonds. The summed E-state index contributed by atoms with van der Waals surface area (Å²) in [7, 11) is 1.97. The molecule has 1 aromatic carbocycles. The second-order valence-electron chi connectivity index (χ2n) is 4.11. The predicted octanol–water partition coefficient (Wildman–Crippen LogP) is 3.01. The van der Waals surface area contributed by atoms with Gasteiger partial charge in [-0.1, -0.05) is 19.4 Å². The van der Waals surface area contributed by atoms with Crippen LogP contribution in [0.5, 0.6) is 0 Å². The first-order valence-corrected chi connectivity index (χ1v) is 5.84. The molecule has 2 aromatic rings. The molecule has 0 fully saturated rings. The minimum Gasteiger partial charge on any atom is -0.359 e. The van der Waals surface area contributed by atoms with Gasteiger partial charge in [0.15, 0.2) is 0 Å². The lowest BCUT2D eigenvalue weighted by Crippen LogP contribution is -2.20. The number of nitrogens with zero attached hydrogens (tertiary/aromatic N) is 3. The third kappa shape index (κ3) is 2.35. The molecule has 2 rings (SSSR count). The Morgan fingerprint density at radius 2 is 2.12 bits per heavy atom. The van der Waals surface area contributed by atoms with Crippen LogP contribution in [0.3, 0.4) is 0 Å². The Kier molecular flexibility index (Phi) is 3.52. The van der Waals surface area contributed by atoms with Crippen molar-refractivity contribution in [3.63, 3.8) is 0 Å². The van der Waals surface area contributed by atoms with Crippen molar-refractivity contribution in [2.24, 2.45) is 0 Å². The average Bonchev–Trinajstić information content (AvgIpc) is 2.36. The zero-order valence-corrected chi connectivity index (χ0v) is 10.2. The van der Waals surface area contributed by atoms with Gasteiger partial charge < -0.3 is 4.90 Å². The van der Waals surface area contributed by atoms with Crippen LogP contribution in [-0.2, 0) is 0 Å². The first-order chi connectivity index (χ1) is 8.24. The van der Waals surface area contributed by atoms with Gasteiger partial charge in [-0.05, 0) is 18.6 Å². The van der Waals surface area contributed by atoms with E-state index in [1.165, 1.54) is 12.4 Å². The fourth-order valence-corrected chi connectivity index (χ4v) is 1.84. The number of benzene rings is 1. The number of unbranched alkanes of at least 4 members (excludes halogenated alkanes) is 1. The van der Waals surface area contributed by atoms with Gasteiger partial charge in [-0.15, -0.1) is 0 Å². The monoisotopic (exact) mass is 233 g/mol. The summed E-state index contributed by atoms with van der Waals surface area (Å²) in [5.41, 5.74) is 0.390. The van der Waals surface area contributed by atoms with Crippen molar-refractivity contribution in [1.29, 1.82) is 0 Å². The highest BCUT2D eigenvalue weighted by atomic mass is 19.1. The molecule has 0 saturated carbocycles. The fraction of sp³-hybridized carbons (Fsp3) is 0.385. The normalized spacial score (nSPS) is 10.8. The van der Waals surface area contributed by atoms with Gasteiger partial charge >= 0.3 is 0 Å². The molecule has 0 spiro atoms. The van der Waals surface area contributed by atoms with E-state index in [4.69, 9.17) is 0 Å². The Hall–Kier alpha value is -1.71. The quantitative estimate of drug-likeness (QED) is 0.812. The van der Waals surface area contributed by atoms with Gasteiger partial charge in [0.1, 0.15) is 23.5 Å². The predicted molar refractivity (Wildman–Crippen MR) is 67.7 cm³/mol. The summed E-state index contributed by atoms with van der Waals surface area (Å²) in [6, 6.07) is 4.97. The second-order valence-corrected chi connectivity index (χ2v) is 4.11. The maximum Gasteiger partial charge on any atom is 0.149 e. The third-order valence-corrected chi connectivity index (χ3v) is 2.80. The highest BCUT2D eigenvalue weighted by Gasteiger charge is 2.10. The summed E-state index contributed by atoms with van der Waals surface area (Å²) in [6.45, 7) is 3.06. The van der Waals surface area contributed by atoms with Gasteiger partial charge in [0.05, 0.1) is 0 Å². The Morgan fingerprint density at radius 3 is 2.88 bits per heavy atom. The molecule has 1 heterocycles. The van der Waals surface area contributed by atoms with Crippen LogP contribution in [0.4, 0.5) is 10.2 Å². The zero-order valence-electron chi connectivity index (χ0n) is 10.2. The smallest absolute Gasteiger partial charge is 0.149 e. The lowest BCUT2D eigenvalue weighted by atomic mass is 10.2. The van der Waals surface area contributed by atoms with Crippen LogP contribution in [-0.4, -0.2) is 23.6 Å². The van der Waals surface area contributed by atoms with E-state index >= 15 is 0 Å². The molecule has 0 N–H and O–H groups in total. The van der Waals surface area contributed by atoms with Gasteiger partial charge in [-0.2, -0.15) is 0 Å². The maximum atomic E-state index is 13.6. The van der Waals surface area contributed by atoms with Gasteiger partial charge in [0, 0.05) is 19.0 Å². The summed E-state index contributed by atoms with van der Waals surface area (Å²) >= 11 is 0. The summed E-state index contributed by atoms with van der Waals surface area (Å²) < 4.78 is 13.6. The van der Waals surface area contributed by atoms with Crippen LogP contribution in [0.2, 0.25) is 0 Å². The largest absolute Gasteiger partial charge is 0.359 e. The SMILES string of the molecule is CCCCN(C)c1ncnc2c(F)cccc12. The van der Waals surface area contributed by atoms with Crippen molar-refractivity contribution < 1.29 is 4.39 Å². The number of halogens is 1. The molecule has 0 saturated heterocycles. The Bertz CT molecular complexity index is 513. The van der Waals surface area contributed by atoms with Gasteiger partial charge in [0.2, 0.25) is 0 Å². The van der Waals surface area contributed by atoms with Gasteiger partial charge in [0.25, 0.3) is 0 Å². The highest BCUT2D eigenvalue weighted by molar-refractivity contribution is 5.89. The van der Waals surface area contributed by atoms with Crippen molar-refractivity contribution in [2.45, 2.75) is 19.8 Å². The van der Waals surface area contributed by atoms with E-state index in [0.29, 0.717) is 5.52 Å². The molecule has 90 valence electrons. The van der Waals surface area contributed by atoms with Crippen molar-refractivity contribution >= 4 is 16.7 Å². The average molecular weight is 233 g/mol. The van der Waals surface area contributed by atoms with E-state index in [9.17, 15) is 4.39 Å². The molecule has 0 atom stereocenters. The summed E-state index contributed by atoms with van der Waals surface area (Å²) in [6.07, 6.45) is 3.64. The Labute approximate surface area is 100 Å². The van der Waals surface area contributed by atoms with Crippen LogP contribution < -0.4 is 4.90 Å². The summed E-state index contributed by atoms with van der Waals surface area (Å²) in [5.74, 6) is 0.498. The molecule has 0 bridgehead atoms. The van der Waals surface area contributed by atoms with Crippen LogP contribution in [0.25, 0.3) is 10.9 Å². The molecule has 17 heavy (non-hydrogen) atoms.